The quantitative estimate of drug-likeness (QED) is 0.245. The third kappa shape index (κ3) is 7.22. The van der Waals surface area contributed by atoms with Gasteiger partial charge in [-0.3, -0.25) is 4.79 Å². The number of hydrogen-bond donors (Lipinski definition) is 2. The van der Waals surface area contributed by atoms with Crippen molar-refractivity contribution in [1.29, 1.82) is 0 Å². The molecule has 3 nitrogen and oxygen atoms in total. The zero-order chi connectivity index (χ0) is 20.2. The van der Waals surface area contributed by atoms with Gasteiger partial charge in [-0.25, -0.2) is 0 Å². The maximum atomic E-state index is 12.1. The van der Waals surface area contributed by atoms with Crippen molar-refractivity contribution in [3.05, 3.63) is 65.2 Å². The van der Waals surface area contributed by atoms with Gasteiger partial charge in [-0.2, -0.15) is 0 Å². The minimum atomic E-state index is -0.164. The molecule has 0 unspecified atom stereocenters. The molecule has 2 aromatic rings. The van der Waals surface area contributed by atoms with Crippen LogP contribution in [0.3, 0.4) is 0 Å². The fourth-order valence-electron chi connectivity index (χ4n) is 3.32. The smallest absolute Gasteiger partial charge is 0.185 e. The van der Waals surface area contributed by atoms with Crippen LogP contribution in [-0.2, 0) is 6.42 Å². The summed E-state index contributed by atoms with van der Waals surface area (Å²) >= 11 is 0. The molecule has 0 spiro atoms. The molecule has 0 bridgehead atoms. The van der Waals surface area contributed by atoms with Gasteiger partial charge in [-0.15, -0.1) is 0 Å². The normalized spacial score (nSPS) is 11.2. The first kappa shape index (κ1) is 21.7. The minimum absolute atomic E-state index is 0.00618. The molecule has 0 saturated heterocycles. The average Bonchev–Trinajstić information content (AvgIpc) is 2.70. The van der Waals surface area contributed by atoms with Crippen molar-refractivity contribution in [2.45, 2.75) is 64.7 Å². The molecule has 0 fully saturated rings. The molecule has 0 heterocycles. The Bertz CT molecular complexity index is 740. The van der Waals surface area contributed by atoms with Gasteiger partial charge in [0.2, 0.25) is 0 Å². The van der Waals surface area contributed by atoms with Gasteiger partial charge in [0.1, 0.15) is 11.5 Å². The Morgan fingerprint density at radius 2 is 1.43 bits per heavy atom. The number of benzene rings is 2. The van der Waals surface area contributed by atoms with Crippen LogP contribution < -0.4 is 0 Å². The lowest BCUT2D eigenvalue weighted by molar-refractivity contribution is 0.104. The topological polar surface area (TPSA) is 57.5 Å². The van der Waals surface area contributed by atoms with Crippen LogP contribution in [-0.4, -0.2) is 16.0 Å². The number of rotatable bonds is 12. The Kier molecular flexibility index (Phi) is 9.33. The fourth-order valence-corrected chi connectivity index (χ4v) is 3.32. The van der Waals surface area contributed by atoms with E-state index in [1.54, 1.807) is 36.4 Å². The molecule has 0 aromatic heterocycles. The number of carbonyl (C=O) groups excluding carboxylic acids is 1. The monoisotopic (exact) mass is 380 g/mol. The van der Waals surface area contributed by atoms with E-state index >= 15 is 0 Å². The molecule has 28 heavy (non-hydrogen) atoms. The molecular weight excluding hydrogens is 348 g/mol. The van der Waals surface area contributed by atoms with Crippen LogP contribution in [0.15, 0.2) is 48.5 Å². The summed E-state index contributed by atoms with van der Waals surface area (Å²) in [5.74, 6) is -0.152. The van der Waals surface area contributed by atoms with Crippen molar-refractivity contribution in [3.63, 3.8) is 0 Å². The molecule has 0 aliphatic rings. The van der Waals surface area contributed by atoms with Crippen molar-refractivity contribution in [3.8, 4) is 11.5 Å². The second-order valence-corrected chi connectivity index (χ2v) is 7.34. The van der Waals surface area contributed by atoms with Gasteiger partial charge in [0, 0.05) is 5.56 Å². The molecule has 0 atom stereocenters. The predicted octanol–water partition coefficient (Wildman–Crippen LogP) is 6.68. The van der Waals surface area contributed by atoms with Crippen LogP contribution in [0.4, 0.5) is 0 Å². The molecule has 0 aliphatic heterocycles. The van der Waals surface area contributed by atoms with E-state index in [0.717, 1.165) is 18.4 Å². The first-order valence-electron chi connectivity index (χ1n) is 10.4. The van der Waals surface area contributed by atoms with Crippen molar-refractivity contribution < 1.29 is 15.0 Å². The lowest BCUT2D eigenvalue weighted by atomic mass is 10.0. The lowest BCUT2D eigenvalue weighted by Gasteiger charge is -2.08. The standard InChI is InChI=1S/C25H32O3/c1-2-3-4-5-6-7-8-10-13-20-18-24(27)22(25(28)19-20)16-17-23(26)21-14-11-9-12-15-21/h9,11-12,14-19,27-28H,2-8,10,13H2,1H3. The summed E-state index contributed by atoms with van der Waals surface area (Å²) in [5.41, 5.74) is 1.78. The number of aromatic hydroxyl groups is 2. The number of ketones is 1. The third-order valence-corrected chi connectivity index (χ3v) is 4.97. The number of hydrogen-bond acceptors (Lipinski definition) is 3. The van der Waals surface area contributed by atoms with E-state index in [1.807, 2.05) is 6.07 Å². The summed E-state index contributed by atoms with van der Waals surface area (Å²) in [6.07, 6.45) is 13.7. The number of unbranched alkanes of at least 4 members (excludes halogenated alkanes) is 7. The van der Waals surface area contributed by atoms with E-state index in [4.69, 9.17) is 0 Å². The zero-order valence-corrected chi connectivity index (χ0v) is 16.9. The van der Waals surface area contributed by atoms with Gasteiger partial charge in [0.05, 0.1) is 5.56 Å². The third-order valence-electron chi connectivity index (χ3n) is 4.97. The van der Waals surface area contributed by atoms with Gasteiger partial charge in [0.25, 0.3) is 0 Å². The van der Waals surface area contributed by atoms with E-state index in [2.05, 4.69) is 6.92 Å². The predicted molar refractivity (Wildman–Crippen MR) is 116 cm³/mol. The number of carbonyl (C=O) groups is 1. The van der Waals surface area contributed by atoms with Gasteiger partial charge in [0.15, 0.2) is 5.78 Å². The number of aryl methyl sites for hydroxylation is 1. The van der Waals surface area contributed by atoms with Crippen LogP contribution in [0.2, 0.25) is 0 Å². The molecule has 0 saturated carbocycles. The molecule has 2 rings (SSSR count). The molecular formula is C25H32O3. The first-order chi connectivity index (χ1) is 13.6. The Hall–Kier alpha value is -2.55. The second kappa shape index (κ2) is 12.0. The summed E-state index contributed by atoms with van der Waals surface area (Å²) in [7, 11) is 0. The maximum absolute atomic E-state index is 12.1. The van der Waals surface area contributed by atoms with Gasteiger partial charge in [-0.05, 0) is 42.7 Å². The van der Waals surface area contributed by atoms with Crippen molar-refractivity contribution in [1.82, 2.24) is 0 Å². The summed E-state index contributed by atoms with van der Waals surface area (Å²) in [6, 6.07) is 12.3. The van der Waals surface area contributed by atoms with Crippen LogP contribution in [0.25, 0.3) is 6.08 Å². The maximum Gasteiger partial charge on any atom is 0.185 e. The molecule has 0 aliphatic carbocycles. The molecule has 2 N–H and O–H groups in total. The largest absolute Gasteiger partial charge is 0.507 e. The van der Waals surface area contributed by atoms with Crippen LogP contribution in [0.5, 0.6) is 11.5 Å². The molecule has 0 amide bonds. The Morgan fingerprint density at radius 3 is 2.04 bits per heavy atom. The minimum Gasteiger partial charge on any atom is -0.507 e. The average molecular weight is 381 g/mol. The van der Waals surface area contributed by atoms with Crippen molar-refractivity contribution in [2.75, 3.05) is 0 Å². The van der Waals surface area contributed by atoms with E-state index < -0.39 is 0 Å². The van der Waals surface area contributed by atoms with E-state index in [9.17, 15) is 15.0 Å². The molecule has 0 radical (unpaired) electrons. The zero-order valence-electron chi connectivity index (χ0n) is 16.9. The summed E-state index contributed by atoms with van der Waals surface area (Å²) in [6.45, 7) is 2.23. The van der Waals surface area contributed by atoms with Gasteiger partial charge < -0.3 is 10.2 Å². The summed E-state index contributed by atoms with van der Waals surface area (Å²) < 4.78 is 0. The second-order valence-electron chi connectivity index (χ2n) is 7.34. The highest BCUT2D eigenvalue weighted by Crippen LogP contribution is 2.31. The highest BCUT2D eigenvalue weighted by Gasteiger charge is 2.09. The Balaban J connectivity index is 1.85. The summed E-state index contributed by atoms with van der Waals surface area (Å²) in [4.78, 5) is 12.1. The number of allylic oxidation sites excluding steroid dienone is 1. The van der Waals surface area contributed by atoms with E-state index in [-0.39, 0.29) is 22.8 Å². The lowest BCUT2D eigenvalue weighted by Crippen LogP contribution is -1.93. The van der Waals surface area contributed by atoms with Gasteiger partial charge in [-0.1, -0.05) is 82.2 Å². The van der Waals surface area contributed by atoms with Crippen molar-refractivity contribution in [2.24, 2.45) is 0 Å². The van der Waals surface area contributed by atoms with E-state index in [1.165, 1.54) is 57.1 Å². The molecule has 2 aromatic carbocycles. The van der Waals surface area contributed by atoms with Gasteiger partial charge >= 0.3 is 0 Å². The van der Waals surface area contributed by atoms with E-state index in [0.29, 0.717) is 5.56 Å². The van der Waals surface area contributed by atoms with Crippen molar-refractivity contribution >= 4 is 11.9 Å². The summed E-state index contributed by atoms with van der Waals surface area (Å²) in [5, 5.41) is 20.5. The van der Waals surface area contributed by atoms with Crippen LogP contribution in [0, 0.1) is 0 Å². The Morgan fingerprint density at radius 1 is 0.857 bits per heavy atom. The SMILES string of the molecule is CCCCCCCCCCc1cc(O)c(C=CC(=O)c2ccccc2)c(O)c1. The van der Waals surface area contributed by atoms with Crippen LogP contribution >= 0.6 is 0 Å². The van der Waals surface area contributed by atoms with Crippen LogP contribution in [0.1, 0.15) is 79.8 Å². The highest BCUT2D eigenvalue weighted by molar-refractivity contribution is 6.07. The number of phenolic OH excluding ortho intramolecular Hbond substituents is 2. The fraction of sp³-hybridized carbons (Fsp3) is 0.400. The molecule has 150 valence electrons. The molecule has 3 heteroatoms. The highest BCUT2D eigenvalue weighted by atomic mass is 16.3. The number of phenols is 2. The Labute approximate surface area is 168 Å². The first-order valence-corrected chi connectivity index (χ1v) is 10.4.